The molecule has 82 valence electrons. The molecule has 0 bridgehead atoms. The first-order chi connectivity index (χ1) is 7.24. The third kappa shape index (κ3) is 1.95. The van der Waals surface area contributed by atoms with E-state index < -0.39 is 12.2 Å². The monoisotopic (exact) mass is 274 g/mol. The van der Waals surface area contributed by atoms with Crippen LogP contribution in [0.3, 0.4) is 0 Å². The van der Waals surface area contributed by atoms with Crippen molar-refractivity contribution >= 4 is 15.9 Å². The SMILES string of the molecule is OC(CBr)C(O)c1cccc2c1OCO2. The van der Waals surface area contributed by atoms with Gasteiger partial charge in [-0.3, -0.25) is 0 Å². The molecule has 0 fully saturated rings. The van der Waals surface area contributed by atoms with Crippen molar-refractivity contribution in [2.24, 2.45) is 0 Å². The molecule has 0 aromatic heterocycles. The normalized spacial score (nSPS) is 17.5. The molecule has 15 heavy (non-hydrogen) atoms. The Morgan fingerprint density at radius 2 is 2.13 bits per heavy atom. The Bertz CT molecular complexity index is 355. The number of para-hydroxylation sites is 1. The van der Waals surface area contributed by atoms with E-state index in [0.29, 0.717) is 22.4 Å². The number of fused-ring (bicyclic) bond motifs is 1. The Morgan fingerprint density at radius 1 is 1.33 bits per heavy atom. The quantitative estimate of drug-likeness (QED) is 0.814. The van der Waals surface area contributed by atoms with Gasteiger partial charge in [-0.05, 0) is 6.07 Å². The second-order valence-corrected chi connectivity index (χ2v) is 3.89. The van der Waals surface area contributed by atoms with E-state index in [4.69, 9.17) is 9.47 Å². The van der Waals surface area contributed by atoms with E-state index in [1.807, 2.05) is 0 Å². The molecule has 1 aliphatic heterocycles. The second kappa shape index (κ2) is 4.38. The molecule has 2 atom stereocenters. The van der Waals surface area contributed by atoms with Gasteiger partial charge >= 0.3 is 0 Å². The maximum absolute atomic E-state index is 9.84. The van der Waals surface area contributed by atoms with E-state index in [0.717, 1.165) is 0 Å². The molecule has 0 saturated heterocycles. The van der Waals surface area contributed by atoms with Crippen LogP contribution in [0.1, 0.15) is 11.7 Å². The van der Waals surface area contributed by atoms with Gasteiger partial charge in [-0.2, -0.15) is 0 Å². The summed E-state index contributed by atoms with van der Waals surface area (Å²) in [5.41, 5.74) is 0.553. The smallest absolute Gasteiger partial charge is 0.231 e. The summed E-state index contributed by atoms with van der Waals surface area (Å²) in [6.07, 6.45) is -1.83. The fraction of sp³-hybridized carbons (Fsp3) is 0.400. The number of hydrogen-bond acceptors (Lipinski definition) is 4. The van der Waals surface area contributed by atoms with Crippen LogP contribution in [-0.2, 0) is 0 Å². The summed E-state index contributed by atoms with van der Waals surface area (Å²) >= 11 is 3.11. The van der Waals surface area contributed by atoms with Gasteiger partial charge in [-0.15, -0.1) is 0 Å². The van der Waals surface area contributed by atoms with E-state index in [1.165, 1.54) is 0 Å². The van der Waals surface area contributed by atoms with Crippen LogP contribution in [0.2, 0.25) is 0 Å². The van der Waals surface area contributed by atoms with Crippen molar-refractivity contribution in [2.75, 3.05) is 12.1 Å². The Morgan fingerprint density at radius 3 is 2.87 bits per heavy atom. The van der Waals surface area contributed by atoms with Gasteiger partial charge in [0.15, 0.2) is 11.5 Å². The topological polar surface area (TPSA) is 58.9 Å². The maximum Gasteiger partial charge on any atom is 0.231 e. The molecule has 0 radical (unpaired) electrons. The summed E-state index contributed by atoms with van der Waals surface area (Å²) in [5, 5.41) is 19.7. The molecule has 2 rings (SSSR count). The Hall–Kier alpha value is -0.780. The Kier molecular flexibility index (Phi) is 3.14. The van der Waals surface area contributed by atoms with Crippen LogP contribution >= 0.6 is 15.9 Å². The van der Waals surface area contributed by atoms with Crippen LogP contribution in [0.15, 0.2) is 18.2 Å². The molecule has 1 aliphatic rings. The number of halogens is 1. The highest BCUT2D eigenvalue weighted by molar-refractivity contribution is 9.09. The van der Waals surface area contributed by atoms with Crippen molar-refractivity contribution < 1.29 is 19.7 Å². The number of aliphatic hydroxyl groups excluding tert-OH is 2. The number of aliphatic hydroxyl groups is 2. The first kappa shape index (κ1) is 10.7. The minimum atomic E-state index is -0.971. The molecule has 0 amide bonds. The van der Waals surface area contributed by atoms with Crippen LogP contribution < -0.4 is 9.47 Å². The van der Waals surface area contributed by atoms with Gasteiger partial charge in [0, 0.05) is 10.9 Å². The van der Waals surface area contributed by atoms with Crippen molar-refractivity contribution in [3.63, 3.8) is 0 Å². The van der Waals surface area contributed by atoms with Crippen LogP contribution in [0.4, 0.5) is 0 Å². The van der Waals surface area contributed by atoms with Crippen LogP contribution in [0.5, 0.6) is 11.5 Å². The summed E-state index contributed by atoms with van der Waals surface area (Å²) in [7, 11) is 0. The van der Waals surface area contributed by atoms with Gasteiger partial charge in [0.05, 0.1) is 6.10 Å². The van der Waals surface area contributed by atoms with E-state index in [-0.39, 0.29) is 6.79 Å². The molecule has 4 nitrogen and oxygen atoms in total. The van der Waals surface area contributed by atoms with Gasteiger partial charge in [-0.1, -0.05) is 28.1 Å². The lowest BCUT2D eigenvalue weighted by Gasteiger charge is -2.17. The highest BCUT2D eigenvalue weighted by Gasteiger charge is 2.25. The average Bonchev–Trinajstić information content (AvgIpc) is 2.74. The van der Waals surface area contributed by atoms with Crippen molar-refractivity contribution in [2.45, 2.75) is 12.2 Å². The largest absolute Gasteiger partial charge is 0.454 e. The number of hydrogen-bond donors (Lipinski definition) is 2. The number of ether oxygens (including phenoxy) is 2. The molecule has 2 unspecified atom stereocenters. The zero-order chi connectivity index (χ0) is 10.8. The first-order valence-electron chi connectivity index (χ1n) is 4.54. The minimum Gasteiger partial charge on any atom is -0.454 e. The summed E-state index contributed by atoms with van der Waals surface area (Å²) < 4.78 is 10.4. The molecular formula is C10H11BrO4. The summed E-state index contributed by atoms with van der Waals surface area (Å²) in [4.78, 5) is 0. The van der Waals surface area contributed by atoms with E-state index in [2.05, 4.69) is 15.9 Å². The highest BCUT2D eigenvalue weighted by atomic mass is 79.9. The second-order valence-electron chi connectivity index (χ2n) is 3.25. The maximum atomic E-state index is 9.84. The third-order valence-electron chi connectivity index (χ3n) is 2.27. The van der Waals surface area contributed by atoms with Crippen molar-refractivity contribution in [3.8, 4) is 11.5 Å². The highest BCUT2D eigenvalue weighted by Crippen LogP contribution is 2.39. The molecular weight excluding hydrogens is 264 g/mol. The first-order valence-corrected chi connectivity index (χ1v) is 5.67. The van der Waals surface area contributed by atoms with Gasteiger partial charge in [-0.25, -0.2) is 0 Å². The van der Waals surface area contributed by atoms with Crippen molar-refractivity contribution in [1.29, 1.82) is 0 Å². The zero-order valence-corrected chi connectivity index (χ0v) is 9.48. The minimum absolute atomic E-state index is 0.156. The molecule has 0 saturated carbocycles. The van der Waals surface area contributed by atoms with Gasteiger partial charge < -0.3 is 19.7 Å². The number of rotatable bonds is 3. The van der Waals surface area contributed by atoms with Crippen LogP contribution in [-0.4, -0.2) is 28.4 Å². The molecule has 5 heteroatoms. The van der Waals surface area contributed by atoms with E-state index >= 15 is 0 Å². The van der Waals surface area contributed by atoms with Crippen LogP contribution in [0, 0.1) is 0 Å². The van der Waals surface area contributed by atoms with E-state index in [1.54, 1.807) is 18.2 Å². The average molecular weight is 275 g/mol. The number of alkyl halides is 1. The van der Waals surface area contributed by atoms with E-state index in [9.17, 15) is 10.2 Å². The Labute approximate surface area is 95.6 Å². The third-order valence-corrected chi connectivity index (χ3v) is 2.93. The fourth-order valence-corrected chi connectivity index (χ4v) is 1.83. The predicted molar refractivity (Wildman–Crippen MR) is 57.3 cm³/mol. The van der Waals surface area contributed by atoms with Gasteiger partial charge in [0.2, 0.25) is 6.79 Å². The van der Waals surface area contributed by atoms with Crippen LogP contribution in [0.25, 0.3) is 0 Å². The summed E-state index contributed by atoms with van der Waals surface area (Å²) in [6, 6.07) is 5.23. The lowest BCUT2D eigenvalue weighted by Crippen LogP contribution is -2.19. The summed E-state index contributed by atoms with van der Waals surface area (Å²) in [6.45, 7) is 0.156. The summed E-state index contributed by atoms with van der Waals surface area (Å²) in [5.74, 6) is 1.12. The van der Waals surface area contributed by atoms with Gasteiger partial charge in [0.1, 0.15) is 6.10 Å². The predicted octanol–water partition coefficient (Wildman–Crippen LogP) is 1.20. The standard InChI is InChI=1S/C10H11BrO4/c11-4-7(12)9(13)6-2-1-3-8-10(6)15-5-14-8/h1-3,7,9,12-13H,4-5H2. The molecule has 1 aromatic rings. The molecule has 1 aromatic carbocycles. The molecule has 0 spiro atoms. The Balaban J connectivity index is 2.32. The fourth-order valence-electron chi connectivity index (χ4n) is 1.48. The van der Waals surface area contributed by atoms with Crippen molar-refractivity contribution in [3.05, 3.63) is 23.8 Å². The lowest BCUT2D eigenvalue weighted by molar-refractivity contribution is 0.0324. The number of benzene rings is 1. The lowest BCUT2D eigenvalue weighted by atomic mass is 10.0. The van der Waals surface area contributed by atoms with Gasteiger partial charge in [0.25, 0.3) is 0 Å². The van der Waals surface area contributed by atoms with Crippen molar-refractivity contribution in [1.82, 2.24) is 0 Å². The molecule has 0 aliphatic carbocycles. The molecule has 1 heterocycles. The molecule has 2 N–H and O–H groups in total. The zero-order valence-electron chi connectivity index (χ0n) is 7.89.